The Hall–Kier alpha value is -2.82. The number of aliphatic carboxylic acids is 1. The summed E-state index contributed by atoms with van der Waals surface area (Å²) in [4.78, 5) is 24.9. The smallest absolute Gasteiger partial charge is 0.303 e. The largest absolute Gasteiger partial charge is 0.492 e. The number of carboxylic acid groups (broad SMARTS) is 1. The fraction of sp³-hybridized carbons (Fsp3) is 0.222. The predicted octanol–water partition coefficient (Wildman–Crippen LogP) is 3.61. The third-order valence-corrected chi connectivity index (χ3v) is 3.22. The number of hydrogen-bond acceptors (Lipinski definition) is 3. The summed E-state index contributed by atoms with van der Waals surface area (Å²) in [6, 6.07) is 16.4. The van der Waals surface area contributed by atoms with E-state index in [0.29, 0.717) is 23.7 Å². The minimum Gasteiger partial charge on any atom is -0.492 e. The highest BCUT2D eigenvalue weighted by atomic mass is 16.5. The lowest BCUT2D eigenvalue weighted by Gasteiger charge is -2.25. The monoisotopic (exact) mass is 313 g/mol. The molecule has 0 heterocycles. The lowest BCUT2D eigenvalue weighted by atomic mass is 10.2. The van der Waals surface area contributed by atoms with Gasteiger partial charge in [-0.15, -0.1) is 0 Å². The molecule has 0 aliphatic carbocycles. The van der Waals surface area contributed by atoms with Crippen molar-refractivity contribution in [2.75, 3.05) is 11.5 Å². The van der Waals surface area contributed by atoms with E-state index in [0.717, 1.165) is 0 Å². The van der Waals surface area contributed by atoms with Crippen molar-refractivity contribution in [3.63, 3.8) is 0 Å². The summed E-state index contributed by atoms with van der Waals surface area (Å²) in [5.74, 6) is -0.697. The number of benzene rings is 2. The Morgan fingerprint density at radius 3 is 2.30 bits per heavy atom. The molecular weight excluding hydrogens is 294 g/mol. The van der Waals surface area contributed by atoms with Gasteiger partial charge in [-0.3, -0.25) is 14.5 Å². The minimum atomic E-state index is -0.996. The van der Waals surface area contributed by atoms with E-state index >= 15 is 0 Å². The molecule has 0 spiro atoms. The van der Waals surface area contributed by atoms with Gasteiger partial charge in [0.25, 0.3) is 0 Å². The van der Waals surface area contributed by atoms with Crippen LogP contribution in [-0.2, 0) is 9.59 Å². The van der Waals surface area contributed by atoms with Crippen molar-refractivity contribution in [3.05, 3.63) is 54.6 Å². The molecule has 0 saturated carbocycles. The van der Waals surface area contributed by atoms with E-state index in [-0.39, 0.29) is 18.7 Å². The first kappa shape index (κ1) is 16.5. The number of ether oxygens (including phenoxy) is 1. The molecule has 2 rings (SSSR count). The second-order valence-corrected chi connectivity index (χ2v) is 4.86. The molecule has 120 valence electrons. The van der Waals surface area contributed by atoms with Crippen LogP contribution in [0, 0.1) is 0 Å². The number of nitrogens with zero attached hydrogens (tertiary/aromatic N) is 1. The number of carbonyl (C=O) groups is 2. The number of anilines is 2. The first-order valence-corrected chi connectivity index (χ1v) is 7.45. The lowest BCUT2D eigenvalue weighted by molar-refractivity contribution is -0.138. The summed E-state index contributed by atoms with van der Waals surface area (Å²) in [5.41, 5.74) is 1.28. The Bertz CT molecular complexity index is 670. The predicted molar refractivity (Wildman–Crippen MR) is 88.1 cm³/mol. The Morgan fingerprint density at radius 1 is 1.00 bits per heavy atom. The average molecular weight is 313 g/mol. The standard InChI is InChI=1S/C18H19NO4/c1-2-23-16-11-7-6-10-15(16)19(14-8-4-3-5-9-14)17(20)12-13-18(21)22/h3-11H,2,12-13H2,1H3,(H,21,22). The highest BCUT2D eigenvalue weighted by Crippen LogP contribution is 2.34. The zero-order chi connectivity index (χ0) is 16.7. The van der Waals surface area contributed by atoms with Gasteiger partial charge in [-0.05, 0) is 31.2 Å². The lowest BCUT2D eigenvalue weighted by Crippen LogP contribution is -2.26. The van der Waals surface area contributed by atoms with Crippen molar-refractivity contribution in [2.45, 2.75) is 19.8 Å². The summed E-state index contributed by atoms with van der Waals surface area (Å²) in [6.07, 6.45) is -0.288. The van der Waals surface area contributed by atoms with Gasteiger partial charge in [-0.2, -0.15) is 0 Å². The van der Waals surface area contributed by atoms with Gasteiger partial charge in [0.1, 0.15) is 5.75 Å². The van der Waals surface area contributed by atoms with Crippen molar-refractivity contribution in [2.24, 2.45) is 0 Å². The number of amides is 1. The number of para-hydroxylation sites is 3. The maximum atomic E-state index is 12.6. The van der Waals surface area contributed by atoms with Crippen LogP contribution < -0.4 is 9.64 Å². The van der Waals surface area contributed by atoms with Crippen LogP contribution in [0.5, 0.6) is 5.75 Å². The zero-order valence-corrected chi connectivity index (χ0v) is 12.9. The zero-order valence-electron chi connectivity index (χ0n) is 12.9. The molecular formula is C18H19NO4. The second-order valence-electron chi connectivity index (χ2n) is 4.86. The van der Waals surface area contributed by atoms with Crippen LogP contribution in [0.15, 0.2) is 54.6 Å². The van der Waals surface area contributed by atoms with Gasteiger partial charge in [0.05, 0.1) is 18.7 Å². The van der Waals surface area contributed by atoms with Crippen molar-refractivity contribution in [3.8, 4) is 5.75 Å². The summed E-state index contributed by atoms with van der Waals surface area (Å²) < 4.78 is 5.61. The van der Waals surface area contributed by atoms with Gasteiger partial charge < -0.3 is 9.84 Å². The second kappa shape index (κ2) is 7.98. The topological polar surface area (TPSA) is 66.8 Å². The Kier molecular flexibility index (Phi) is 5.74. The molecule has 1 amide bonds. The van der Waals surface area contributed by atoms with Gasteiger partial charge in [0.2, 0.25) is 5.91 Å². The summed E-state index contributed by atoms with van der Waals surface area (Å²) in [5, 5.41) is 8.83. The normalized spacial score (nSPS) is 10.1. The molecule has 0 atom stereocenters. The third kappa shape index (κ3) is 4.32. The molecule has 2 aromatic rings. The number of rotatable bonds is 7. The number of hydrogen-bond donors (Lipinski definition) is 1. The maximum absolute atomic E-state index is 12.6. The Labute approximate surface area is 135 Å². The van der Waals surface area contributed by atoms with Crippen molar-refractivity contribution >= 4 is 23.3 Å². The van der Waals surface area contributed by atoms with Crippen LogP contribution in [0.25, 0.3) is 0 Å². The average Bonchev–Trinajstić information content (AvgIpc) is 2.56. The molecule has 23 heavy (non-hydrogen) atoms. The van der Waals surface area contributed by atoms with Gasteiger partial charge >= 0.3 is 5.97 Å². The van der Waals surface area contributed by atoms with E-state index in [1.807, 2.05) is 37.3 Å². The summed E-state index contributed by atoms with van der Waals surface area (Å²) in [6.45, 7) is 2.35. The van der Waals surface area contributed by atoms with E-state index in [1.54, 1.807) is 24.3 Å². The van der Waals surface area contributed by atoms with Gasteiger partial charge in [0, 0.05) is 12.1 Å². The molecule has 1 N–H and O–H groups in total. The quantitative estimate of drug-likeness (QED) is 0.848. The van der Waals surface area contributed by atoms with Crippen molar-refractivity contribution in [1.29, 1.82) is 0 Å². The van der Waals surface area contributed by atoms with Crippen molar-refractivity contribution < 1.29 is 19.4 Å². The van der Waals surface area contributed by atoms with E-state index in [1.165, 1.54) is 4.90 Å². The van der Waals surface area contributed by atoms with Crippen LogP contribution in [0.2, 0.25) is 0 Å². The van der Waals surface area contributed by atoms with Crippen molar-refractivity contribution in [1.82, 2.24) is 0 Å². The fourth-order valence-corrected chi connectivity index (χ4v) is 2.24. The molecule has 0 aliphatic heterocycles. The molecule has 2 aromatic carbocycles. The highest BCUT2D eigenvalue weighted by Gasteiger charge is 2.21. The summed E-state index contributed by atoms with van der Waals surface area (Å²) in [7, 11) is 0. The van der Waals surface area contributed by atoms with E-state index in [4.69, 9.17) is 9.84 Å². The number of carbonyl (C=O) groups excluding carboxylic acids is 1. The number of carboxylic acids is 1. The highest BCUT2D eigenvalue weighted by molar-refractivity contribution is 6.02. The molecule has 0 saturated heterocycles. The molecule has 0 aliphatic rings. The van der Waals surface area contributed by atoms with Crippen LogP contribution >= 0.6 is 0 Å². The SMILES string of the molecule is CCOc1ccccc1N(C(=O)CCC(=O)O)c1ccccc1. The van der Waals surface area contributed by atoms with Crippen LogP contribution in [-0.4, -0.2) is 23.6 Å². The maximum Gasteiger partial charge on any atom is 0.303 e. The molecule has 0 radical (unpaired) electrons. The molecule has 5 nitrogen and oxygen atoms in total. The fourth-order valence-electron chi connectivity index (χ4n) is 2.24. The molecule has 0 aromatic heterocycles. The Morgan fingerprint density at radius 2 is 1.65 bits per heavy atom. The van der Waals surface area contributed by atoms with Crippen LogP contribution in [0.3, 0.4) is 0 Å². The van der Waals surface area contributed by atoms with E-state index in [2.05, 4.69) is 0 Å². The first-order valence-electron chi connectivity index (χ1n) is 7.45. The van der Waals surface area contributed by atoms with Gasteiger partial charge in [-0.1, -0.05) is 30.3 Å². The molecule has 0 bridgehead atoms. The van der Waals surface area contributed by atoms with Gasteiger partial charge in [-0.25, -0.2) is 0 Å². The third-order valence-electron chi connectivity index (χ3n) is 3.22. The first-order chi connectivity index (χ1) is 11.1. The van der Waals surface area contributed by atoms with E-state index < -0.39 is 5.97 Å². The van der Waals surface area contributed by atoms with E-state index in [9.17, 15) is 9.59 Å². The van der Waals surface area contributed by atoms with Crippen LogP contribution in [0.1, 0.15) is 19.8 Å². The molecule has 5 heteroatoms. The minimum absolute atomic E-state index is 0.0787. The van der Waals surface area contributed by atoms with Gasteiger partial charge in [0.15, 0.2) is 0 Å². The Balaban J connectivity index is 2.42. The molecule has 0 unspecified atom stereocenters. The summed E-state index contributed by atoms with van der Waals surface area (Å²) >= 11 is 0. The molecule has 0 fully saturated rings. The van der Waals surface area contributed by atoms with Crippen LogP contribution in [0.4, 0.5) is 11.4 Å².